The zero-order valence-corrected chi connectivity index (χ0v) is 14.0. The summed E-state index contributed by atoms with van der Waals surface area (Å²) in [6, 6.07) is 20.0. The standard InChI is InChI=1S/C19H24N2S/c1-2-21-14-6-9-18(15-21)20-22-19-12-10-17(11-13-19)16-7-4-3-5-8-16/h3-5,7-8,10-13,18,20H,2,6,9,14-15H2,1H3. The number of likely N-dealkylation sites (N-methyl/N-ethyl adjacent to an activating group) is 1. The molecule has 1 heterocycles. The van der Waals surface area contributed by atoms with Crippen molar-refractivity contribution in [3.63, 3.8) is 0 Å². The fourth-order valence-electron chi connectivity index (χ4n) is 2.94. The summed E-state index contributed by atoms with van der Waals surface area (Å²) < 4.78 is 3.64. The lowest BCUT2D eigenvalue weighted by Crippen LogP contribution is -2.43. The van der Waals surface area contributed by atoms with Gasteiger partial charge in [0.2, 0.25) is 0 Å². The Labute approximate surface area is 138 Å². The van der Waals surface area contributed by atoms with Crippen LogP contribution in [0.15, 0.2) is 59.5 Å². The van der Waals surface area contributed by atoms with E-state index in [0.717, 1.165) is 6.54 Å². The van der Waals surface area contributed by atoms with Gasteiger partial charge in [-0.2, -0.15) is 0 Å². The van der Waals surface area contributed by atoms with Crippen molar-refractivity contribution in [1.29, 1.82) is 0 Å². The molecule has 0 aliphatic carbocycles. The van der Waals surface area contributed by atoms with Gasteiger partial charge in [-0.1, -0.05) is 49.4 Å². The minimum absolute atomic E-state index is 0.604. The van der Waals surface area contributed by atoms with Crippen LogP contribution in [0.5, 0.6) is 0 Å². The molecule has 0 bridgehead atoms. The molecule has 116 valence electrons. The summed E-state index contributed by atoms with van der Waals surface area (Å²) in [7, 11) is 0. The lowest BCUT2D eigenvalue weighted by molar-refractivity contribution is 0.213. The first-order valence-corrected chi connectivity index (χ1v) is 8.97. The highest BCUT2D eigenvalue weighted by atomic mass is 32.2. The number of nitrogens with zero attached hydrogens (tertiary/aromatic N) is 1. The van der Waals surface area contributed by atoms with Gasteiger partial charge in [0.25, 0.3) is 0 Å². The smallest absolute Gasteiger partial charge is 0.0303 e. The van der Waals surface area contributed by atoms with Crippen molar-refractivity contribution in [3.8, 4) is 11.1 Å². The largest absolute Gasteiger partial charge is 0.302 e. The summed E-state index contributed by atoms with van der Waals surface area (Å²) in [5.74, 6) is 0. The van der Waals surface area contributed by atoms with Crippen LogP contribution in [0.1, 0.15) is 19.8 Å². The van der Waals surface area contributed by atoms with Gasteiger partial charge in [-0.15, -0.1) is 0 Å². The van der Waals surface area contributed by atoms with Crippen LogP contribution >= 0.6 is 11.9 Å². The first-order chi connectivity index (χ1) is 10.8. The molecule has 2 aromatic carbocycles. The summed E-state index contributed by atoms with van der Waals surface area (Å²) in [5.41, 5.74) is 2.55. The molecule has 1 aliphatic heterocycles. The van der Waals surface area contributed by atoms with Crippen LogP contribution in [-0.4, -0.2) is 30.6 Å². The maximum atomic E-state index is 3.64. The van der Waals surface area contributed by atoms with E-state index in [1.54, 1.807) is 11.9 Å². The second kappa shape index (κ2) is 7.82. The Bertz CT molecular complexity index is 568. The van der Waals surface area contributed by atoms with E-state index in [-0.39, 0.29) is 0 Å². The number of benzene rings is 2. The number of hydrogen-bond donors (Lipinski definition) is 1. The lowest BCUT2D eigenvalue weighted by atomic mass is 10.1. The molecule has 1 fully saturated rings. The Balaban J connectivity index is 1.55. The molecule has 22 heavy (non-hydrogen) atoms. The van der Waals surface area contributed by atoms with E-state index in [1.807, 2.05) is 0 Å². The highest BCUT2D eigenvalue weighted by molar-refractivity contribution is 7.97. The van der Waals surface area contributed by atoms with Crippen molar-refractivity contribution in [1.82, 2.24) is 9.62 Å². The first kappa shape index (κ1) is 15.6. The summed E-state index contributed by atoms with van der Waals surface area (Å²) >= 11 is 1.77. The summed E-state index contributed by atoms with van der Waals surface area (Å²) in [4.78, 5) is 3.81. The van der Waals surface area contributed by atoms with E-state index >= 15 is 0 Å². The van der Waals surface area contributed by atoms with Gasteiger partial charge in [0.05, 0.1) is 0 Å². The van der Waals surface area contributed by atoms with Crippen molar-refractivity contribution in [2.75, 3.05) is 19.6 Å². The quantitative estimate of drug-likeness (QED) is 0.822. The van der Waals surface area contributed by atoms with Gasteiger partial charge in [0, 0.05) is 17.5 Å². The Morgan fingerprint density at radius 3 is 2.50 bits per heavy atom. The predicted molar refractivity (Wildman–Crippen MR) is 96.0 cm³/mol. The van der Waals surface area contributed by atoms with Gasteiger partial charge < -0.3 is 4.90 Å². The van der Waals surface area contributed by atoms with Gasteiger partial charge in [-0.25, -0.2) is 0 Å². The molecule has 3 heteroatoms. The van der Waals surface area contributed by atoms with E-state index in [9.17, 15) is 0 Å². The van der Waals surface area contributed by atoms with Crippen molar-refractivity contribution in [2.24, 2.45) is 0 Å². The van der Waals surface area contributed by atoms with Crippen molar-refractivity contribution < 1.29 is 0 Å². The molecular formula is C19H24N2S. The summed E-state index contributed by atoms with van der Waals surface area (Å²) in [5, 5.41) is 0. The molecule has 1 saturated heterocycles. The van der Waals surface area contributed by atoms with E-state index in [1.165, 1.54) is 42.0 Å². The van der Waals surface area contributed by atoms with Crippen LogP contribution in [0.4, 0.5) is 0 Å². The third-order valence-corrected chi connectivity index (χ3v) is 5.22. The van der Waals surface area contributed by atoms with Gasteiger partial charge in [-0.3, -0.25) is 4.72 Å². The molecule has 0 saturated carbocycles. The molecule has 1 aliphatic rings. The average molecular weight is 312 g/mol. The lowest BCUT2D eigenvalue weighted by Gasteiger charge is -2.31. The number of likely N-dealkylation sites (tertiary alicyclic amines) is 1. The average Bonchev–Trinajstić information content (AvgIpc) is 2.61. The molecule has 2 nitrogen and oxygen atoms in total. The maximum Gasteiger partial charge on any atom is 0.0303 e. The Kier molecular flexibility index (Phi) is 5.54. The van der Waals surface area contributed by atoms with Crippen LogP contribution in [0.3, 0.4) is 0 Å². The monoisotopic (exact) mass is 312 g/mol. The van der Waals surface area contributed by atoms with Crippen LogP contribution < -0.4 is 4.72 Å². The van der Waals surface area contributed by atoms with Crippen LogP contribution in [0, 0.1) is 0 Å². The molecule has 0 amide bonds. The summed E-state index contributed by atoms with van der Waals surface area (Å²) in [6.07, 6.45) is 2.59. The predicted octanol–water partition coefficient (Wildman–Crippen LogP) is 4.43. The van der Waals surface area contributed by atoms with Crippen molar-refractivity contribution in [2.45, 2.75) is 30.7 Å². The molecule has 0 radical (unpaired) electrons. The third-order valence-electron chi connectivity index (χ3n) is 4.26. The Hall–Kier alpha value is -1.29. The van der Waals surface area contributed by atoms with Crippen molar-refractivity contribution >= 4 is 11.9 Å². The molecular weight excluding hydrogens is 288 g/mol. The highest BCUT2D eigenvalue weighted by Crippen LogP contribution is 2.23. The van der Waals surface area contributed by atoms with Gasteiger partial charge in [0.1, 0.15) is 0 Å². The number of piperidine rings is 1. The van der Waals surface area contributed by atoms with E-state index in [4.69, 9.17) is 0 Å². The van der Waals surface area contributed by atoms with E-state index < -0.39 is 0 Å². The van der Waals surface area contributed by atoms with E-state index in [0.29, 0.717) is 6.04 Å². The van der Waals surface area contributed by atoms with Crippen LogP contribution in [0.2, 0.25) is 0 Å². The molecule has 3 rings (SSSR count). The second-order valence-corrected chi connectivity index (χ2v) is 6.75. The van der Waals surface area contributed by atoms with Crippen LogP contribution in [-0.2, 0) is 0 Å². The number of hydrogen-bond acceptors (Lipinski definition) is 3. The maximum absolute atomic E-state index is 3.64. The highest BCUT2D eigenvalue weighted by Gasteiger charge is 2.18. The molecule has 1 atom stereocenters. The van der Waals surface area contributed by atoms with E-state index in [2.05, 4.69) is 71.1 Å². The van der Waals surface area contributed by atoms with Gasteiger partial charge in [-0.05, 0) is 61.1 Å². The fourth-order valence-corrected chi connectivity index (χ4v) is 3.70. The van der Waals surface area contributed by atoms with Gasteiger partial charge in [0.15, 0.2) is 0 Å². The molecule has 0 spiro atoms. The fraction of sp³-hybridized carbons (Fsp3) is 0.368. The SMILES string of the molecule is CCN1CCCC(NSc2ccc(-c3ccccc3)cc2)C1. The normalized spacial score (nSPS) is 19.2. The van der Waals surface area contributed by atoms with Crippen molar-refractivity contribution in [3.05, 3.63) is 54.6 Å². The molecule has 1 N–H and O–H groups in total. The second-order valence-electron chi connectivity index (χ2n) is 5.84. The molecule has 2 aromatic rings. The van der Waals surface area contributed by atoms with Gasteiger partial charge >= 0.3 is 0 Å². The first-order valence-electron chi connectivity index (χ1n) is 8.15. The number of nitrogens with one attached hydrogen (secondary N) is 1. The topological polar surface area (TPSA) is 15.3 Å². The minimum Gasteiger partial charge on any atom is -0.302 e. The Morgan fingerprint density at radius 2 is 1.77 bits per heavy atom. The molecule has 1 unspecified atom stereocenters. The molecule has 0 aromatic heterocycles. The zero-order valence-electron chi connectivity index (χ0n) is 13.2. The zero-order chi connectivity index (χ0) is 15.2. The Morgan fingerprint density at radius 1 is 1.05 bits per heavy atom. The van der Waals surface area contributed by atoms with Crippen LogP contribution in [0.25, 0.3) is 11.1 Å². The minimum atomic E-state index is 0.604. The number of rotatable bonds is 5. The third kappa shape index (κ3) is 4.13. The summed E-state index contributed by atoms with van der Waals surface area (Å²) in [6.45, 7) is 5.84.